The Kier molecular flexibility index (Phi) is 3.48. The van der Waals surface area contributed by atoms with Crippen molar-refractivity contribution in [3.8, 4) is 0 Å². The van der Waals surface area contributed by atoms with E-state index in [2.05, 4.69) is 10.3 Å². The monoisotopic (exact) mass is 261 g/mol. The van der Waals surface area contributed by atoms with Crippen LogP contribution >= 0.6 is 11.6 Å². The molecular formula is C13H12ClN3O. The van der Waals surface area contributed by atoms with Gasteiger partial charge in [-0.2, -0.15) is 0 Å². The number of nitrogens with zero attached hydrogens (tertiary/aromatic N) is 1. The van der Waals surface area contributed by atoms with Crippen LogP contribution < -0.4 is 11.1 Å². The minimum atomic E-state index is -0.302. The first-order valence-electron chi connectivity index (χ1n) is 5.36. The average molecular weight is 262 g/mol. The largest absolute Gasteiger partial charge is 0.398 e. The third-order valence-corrected chi connectivity index (χ3v) is 2.95. The number of nitrogen functional groups attached to an aromatic ring is 1. The van der Waals surface area contributed by atoms with Crippen LogP contribution in [0.3, 0.4) is 0 Å². The van der Waals surface area contributed by atoms with Gasteiger partial charge in [0.2, 0.25) is 0 Å². The summed E-state index contributed by atoms with van der Waals surface area (Å²) in [6.07, 6.45) is 1.67. The minimum Gasteiger partial charge on any atom is -0.398 e. The number of carbonyl (C=O) groups excluding carboxylic acids is 1. The number of nitrogens with two attached hydrogens (primary N) is 1. The molecule has 1 heterocycles. The summed E-state index contributed by atoms with van der Waals surface area (Å²) in [6, 6.07) is 8.49. The molecule has 2 rings (SSSR count). The zero-order valence-corrected chi connectivity index (χ0v) is 10.5. The van der Waals surface area contributed by atoms with E-state index in [1.54, 1.807) is 36.5 Å². The van der Waals surface area contributed by atoms with Gasteiger partial charge in [0.25, 0.3) is 5.91 Å². The highest BCUT2D eigenvalue weighted by Gasteiger charge is 2.13. The van der Waals surface area contributed by atoms with Gasteiger partial charge in [-0.3, -0.25) is 9.78 Å². The average Bonchev–Trinajstić information content (AvgIpc) is 2.35. The van der Waals surface area contributed by atoms with Gasteiger partial charge in [-0.15, -0.1) is 0 Å². The van der Waals surface area contributed by atoms with Crippen molar-refractivity contribution < 1.29 is 4.79 Å². The van der Waals surface area contributed by atoms with Crippen LogP contribution in [0.2, 0.25) is 5.02 Å². The van der Waals surface area contributed by atoms with Crippen molar-refractivity contribution >= 4 is 28.9 Å². The summed E-state index contributed by atoms with van der Waals surface area (Å²) < 4.78 is 0. The molecule has 0 spiro atoms. The van der Waals surface area contributed by atoms with Crippen molar-refractivity contribution in [3.05, 3.63) is 52.8 Å². The molecule has 0 saturated heterocycles. The predicted octanol–water partition coefficient (Wildman–Crippen LogP) is 2.88. The Morgan fingerprint density at radius 2 is 2.11 bits per heavy atom. The van der Waals surface area contributed by atoms with E-state index in [0.29, 0.717) is 16.9 Å². The van der Waals surface area contributed by atoms with Crippen LogP contribution in [0.5, 0.6) is 0 Å². The van der Waals surface area contributed by atoms with Crippen molar-refractivity contribution in [1.82, 2.24) is 4.98 Å². The van der Waals surface area contributed by atoms with E-state index >= 15 is 0 Å². The van der Waals surface area contributed by atoms with Gasteiger partial charge >= 0.3 is 0 Å². The van der Waals surface area contributed by atoms with Crippen LogP contribution in [-0.2, 0) is 0 Å². The number of anilines is 2. The molecule has 4 nitrogen and oxygen atoms in total. The Balaban J connectivity index is 2.28. The first-order chi connectivity index (χ1) is 8.59. The summed E-state index contributed by atoms with van der Waals surface area (Å²) in [6.45, 7) is 1.82. The number of hydrogen-bond acceptors (Lipinski definition) is 3. The summed E-state index contributed by atoms with van der Waals surface area (Å²) in [7, 11) is 0. The topological polar surface area (TPSA) is 68.0 Å². The van der Waals surface area contributed by atoms with Crippen LogP contribution in [0.15, 0.2) is 36.5 Å². The van der Waals surface area contributed by atoms with Crippen molar-refractivity contribution in [3.63, 3.8) is 0 Å². The van der Waals surface area contributed by atoms with Gasteiger partial charge in [0.15, 0.2) is 0 Å². The molecule has 0 aliphatic heterocycles. The second-order valence-electron chi connectivity index (χ2n) is 3.80. The number of amides is 1. The Bertz CT molecular complexity index is 599. The van der Waals surface area contributed by atoms with Crippen LogP contribution in [0, 0.1) is 6.92 Å². The fourth-order valence-corrected chi connectivity index (χ4v) is 1.74. The number of carbonyl (C=O) groups is 1. The highest BCUT2D eigenvalue weighted by Crippen LogP contribution is 2.24. The van der Waals surface area contributed by atoms with E-state index in [0.717, 1.165) is 5.69 Å². The molecule has 1 aromatic heterocycles. The van der Waals surface area contributed by atoms with Crippen LogP contribution in [0.4, 0.5) is 11.4 Å². The molecule has 0 unspecified atom stereocenters. The Morgan fingerprint density at radius 1 is 1.33 bits per heavy atom. The number of hydrogen-bond donors (Lipinski definition) is 2. The summed E-state index contributed by atoms with van der Waals surface area (Å²) in [5.74, 6) is -0.302. The molecule has 92 valence electrons. The molecule has 2 aromatic rings. The lowest BCUT2D eigenvalue weighted by molar-refractivity contribution is 0.102. The van der Waals surface area contributed by atoms with Gasteiger partial charge in [-0.1, -0.05) is 17.7 Å². The van der Waals surface area contributed by atoms with Gasteiger partial charge in [0.1, 0.15) is 0 Å². The molecule has 5 heteroatoms. The van der Waals surface area contributed by atoms with E-state index < -0.39 is 0 Å². The second kappa shape index (κ2) is 5.06. The number of rotatable bonds is 2. The van der Waals surface area contributed by atoms with E-state index in [1.165, 1.54) is 0 Å². The lowest BCUT2D eigenvalue weighted by Gasteiger charge is -2.09. The van der Waals surface area contributed by atoms with Gasteiger partial charge in [0.05, 0.1) is 27.7 Å². The Morgan fingerprint density at radius 3 is 2.83 bits per heavy atom. The number of aryl methyl sites for hydroxylation is 1. The van der Waals surface area contributed by atoms with Gasteiger partial charge in [-0.25, -0.2) is 0 Å². The molecule has 0 aliphatic carbocycles. The molecule has 0 radical (unpaired) electrons. The Labute approximate surface area is 110 Å². The molecule has 0 saturated carbocycles. The maximum absolute atomic E-state index is 12.1. The van der Waals surface area contributed by atoms with E-state index in [4.69, 9.17) is 17.3 Å². The molecular weight excluding hydrogens is 250 g/mol. The quantitative estimate of drug-likeness (QED) is 0.817. The molecule has 0 fully saturated rings. The normalized spacial score (nSPS) is 10.1. The lowest BCUT2D eigenvalue weighted by Crippen LogP contribution is -2.14. The first kappa shape index (κ1) is 12.4. The first-order valence-corrected chi connectivity index (χ1v) is 5.74. The van der Waals surface area contributed by atoms with Gasteiger partial charge in [-0.05, 0) is 31.2 Å². The zero-order valence-electron chi connectivity index (χ0n) is 9.77. The molecule has 0 bridgehead atoms. The summed E-state index contributed by atoms with van der Waals surface area (Å²) in [5, 5.41) is 3.01. The number of halogens is 1. The smallest absolute Gasteiger partial charge is 0.257 e. The zero-order chi connectivity index (χ0) is 13.1. The summed E-state index contributed by atoms with van der Waals surface area (Å²) in [5.41, 5.74) is 7.78. The molecule has 1 aromatic carbocycles. The maximum atomic E-state index is 12.1. The van der Waals surface area contributed by atoms with Crippen molar-refractivity contribution in [2.45, 2.75) is 6.92 Å². The Hall–Kier alpha value is -2.07. The third-order valence-electron chi connectivity index (χ3n) is 2.53. The fourth-order valence-electron chi connectivity index (χ4n) is 1.53. The minimum absolute atomic E-state index is 0.261. The van der Waals surface area contributed by atoms with Crippen molar-refractivity contribution in [1.29, 1.82) is 0 Å². The van der Waals surface area contributed by atoms with E-state index in [9.17, 15) is 4.79 Å². The highest BCUT2D eigenvalue weighted by atomic mass is 35.5. The number of nitrogens with one attached hydrogen (secondary N) is 1. The van der Waals surface area contributed by atoms with E-state index in [1.807, 2.05) is 6.92 Å². The van der Waals surface area contributed by atoms with Crippen molar-refractivity contribution in [2.24, 2.45) is 0 Å². The fraction of sp³-hybridized carbons (Fsp3) is 0.0769. The number of benzene rings is 1. The predicted molar refractivity (Wildman–Crippen MR) is 72.8 cm³/mol. The number of aromatic nitrogens is 1. The van der Waals surface area contributed by atoms with Gasteiger partial charge in [0, 0.05) is 6.20 Å². The third kappa shape index (κ3) is 2.43. The van der Waals surface area contributed by atoms with Crippen LogP contribution in [0.1, 0.15) is 16.1 Å². The van der Waals surface area contributed by atoms with Gasteiger partial charge < -0.3 is 11.1 Å². The SMILES string of the molecule is Cc1ncccc1NC(=O)c1cccc(N)c1Cl. The summed E-state index contributed by atoms with van der Waals surface area (Å²) >= 11 is 5.99. The molecule has 0 atom stereocenters. The lowest BCUT2D eigenvalue weighted by atomic mass is 10.2. The van der Waals surface area contributed by atoms with Crippen LogP contribution in [-0.4, -0.2) is 10.9 Å². The molecule has 1 amide bonds. The summed E-state index contributed by atoms with van der Waals surface area (Å²) in [4.78, 5) is 16.2. The number of pyridine rings is 1. The van der Waals surface area contributed by atoms with E-state index in [-0.39, 0.29) is 10.9 Å². The second-order valence-corrected chi connectivity index (χ2v) is 4.18. The van der Waals surface area contributed by atoms with Crippen LogP contribution in [0.25, 0.3) is 0 Å². The molecule has 18 heavy (non-hydrogen) atoms. The maximum Gasteiger partial charge on any atom is 0.257 e. The highest BCUT2D eigenvalue weighted by molar-refractivity contribution is 6.36. The van der Waals surface area contributed by atoms with Crippen molar-refractivity contribution in [2.75, 3.05) is 11.1 Å². The standard InChI is InChI=1S/C13H12ClN3O/c1-8-11(6-3-7-16-8)17-13(18)9-4-2-5-10(15)12(9)14/h2-7H,15H2,1H3,(H,17,18). The molecule has 0 aliphatic rings. The molecule has 3 N–H and O–H groups in total.